The van der Waals surface area contributed by atoms with Crippen LogP contribution in [0.25, 0.3) is 0 Å². The molecule has 3 nitrogen and oxygen atoms in total. The molecule has 1 aromatic heterocycles. The van der Waals surface area contributed by atoms with E-state index in [4.69, 9.17) is 5.11 Å². The normalized spacial score (nSPS) is 25.2. The third-order valence-electron chi connectivity index (χ3n) is 4.02. The van der Waals surface area contributed by atoms with Gasteiger partial charge in [-0.05, 0) is 51.2 Å². The molecule has 1 unspecified atom stereocenters. The van der Waals surface area contributed by atoms with Crippen LogP contribution in [0.3, 0.4) is 0 Å². The molecule has 1 saturated carbocycles. The Kier molecular flexibility index (Phi) is 4.99. The van der Waals surface area contributed by atoms with Crippen LogP contribution >= 0.6 is 11.3 Å². The molecule has 1 aromatic rings. The Labute approximate surface area is 119 Å². The van der Waals surface area contributed by atoms with Crippen LogP contribution in [0.5, 0.6) is 0 Å². The van der Waals surface area contributed by atoms with Crippen molar-refractivity contribution < 1.29 is 9.90 Å². The lowest BCUT2D eigenvalue weighted by atomic mass is 9.86. The fourth-order valence-electron chi connectivity index (χ4n) is 2.76. The molecule has 2 N–H and O–H groups in total. The summed E-state index contributed by atoms with van der Waals surface area (Å²) in [6.45, 7) is 4.38. The zero-order valence-corrected chi connectivity index (χ0v) is 12.5. The lowest BCUT2D eigenvalue weighted by Gasteiger charge is -2.29. The Morgan fingerprint density at radius 2 is 2.11 bits per heavy atom. The molecule has 0 bridgehead atoms. The monoisotopic (exact) mass is 281 g/mol. The van der Waals surface area contributed by atoms with Gasteiger partial charge in [0.1, 0.15) is 0 Å². The standard InChI is InChI=1S/C15H23NO2S/c1-3-13-8-9-14(19-13)10(2)16-12-6-4-11(5-7-12)15(17)18/h8-12,16H,3-7H2,1-2H3,(H,17,18). The van der Waals surface area contributed by atoms with Gasteiger partial charge in [-0.2, -0.15) is 0 Å². The first-order valence-corrected chi connectivity index (χ1v) is 7.99. The maximum Gasteiger partial charge on any atom is 0.306 e. The Bertz CT molecular complexity index is 422. The number of aliphatic carboxylic acids is 1. The fourth-order valence-corrected chi connectivity index (χ4v) is 3.72. The van der Waals surface area contributed by atoms with Gasteiger partial charge in [-0.1, -0.05) is 6.92 Å². The summed E-state index contributed by atoms with van der Waals surface area (Å²) in [6.07, 6.45) is 4.68. The van der Waals surface area contributed by atoms with Gasteiger partial charge in [0, 0.05) is 21.8 Å². The van der Waals surface area contributed by atoms with Gasteiger partial charge in [0.25, 0.3) is 0 Å². The molecule has 2 rings (SSSR count). The second kappa shape index (κ2) is 6.53. The maximum atomic E-state index is 10.9. The number of carboxylic acids is 1. The zero-order chi connectivity index (χ0) is 13.8. The highest BCUT2D eigenvalue weighted by atomic mass is 32.1. The number of aryl methyl sites for hydroxylation is 1. The topological polar surface area (TPSA) is 49.3 Å². The van der Waals surface area contributed by atoms with E-state index in [2.05, 4.69) is 31.3 Å². The molecule has 1 atom stereocenters. The van der Waals surface area contributed by atoms with Crippen molar-refractivity contribution in [1.29, 1.82) is 0 Å². The van der Waals surface area contributed by atoms with Crippen LogP contribution in [0, 0.1) is 5.92 Å². The van der Waals surface area contributed by atoms with Crippen molar-refractivity contribution >= 4 is 17.3 Å². The molecule has 0 aliphatic heterocycles. The lowest BCUT2D eigenvalue weighted by molar-refractivity contribution is -0.142. The first-order chi connectivity index (χ1) is 9.10. The second-order valence-electron chi connectivity index (χ2n) is 5.43. The average Bonchev–Trinajstić information content (AvgIpc) is 2.88. The van der Waals surface area contributed by atoms with Crippen molar-refractivity contribution in [3.8, 4) is 0 Å². The van der Waals surface area contributed by atoms with Crippen LogP contribution in [0.15, 0.2) is 12.1 Å². The van der Waals surface area contributed by atoms with Crippen LogP contribution in [0.2, 0.25) is 0 Å². The Balaban J connectivity index is 1.83. The highest BCUT2D eigenvalue weighted by Gasteiger charge is 2.26. The van der Waals surface area contributed by atoms with Gasteiger partial charge in [0.15, 0.2) is 0 Å². The molecule has 1 heterocycles. The van der Waals surface area contributed by atoms with Crippen LogP contribution < -0.4 is 5.32 Å². The number of carboxylic acid groups (broad SMARTS) is 1. The molecule has 4 heteroatoms. The van der Waals surface area contributed by atoms with E-state index < -0.39 is 5.97 Å². The molecular weight excluding hydrogens is 258 g/mol. The maximum absolute atomic E-state index is 10.9. The number of rotatable bonds is 5. The van der Waals surface area contributed by atoms with E-state index in [1.165, 1.54) is 9.75 Å². The van der Waals surface area contributed by atoms with Crippen LogP contribution in [0.1, 0.15) is 55.3 Å². The predicted molar refractivity (Wildman–Crippen MR) is 78.6 cm³/mol. The van der Waals surface area contributed by atoms with Crippen molar-refractivity contribution in [2.45, 2.75) is 58.0 Å². The summed E-state index contributed by atoms with van der Waals surface area (Å²) < 4.78 is 0. The van der Waals surface area contributed by atoms with Gasteiger partial charge in [0.2, 0.25) is 0 Å². The molecule has 1 fully saturated rings. The Hall–Kier alpha value is -0.870. The lowest BCUT2D eigenvalue weighted by Crippen LogP contribution is -2.36. The van der Waals surface area contributed by atoms with E-state index >= 15 is 0 Å². The van der Waals surface area contributed by atoms with Crippen molar-refractivity contribution in [3.63, 3.8) is 0 Å². The van der Waals surface area contributed by atoms with E-state index in [0.29, 0.717) is 12.1 Å². The van der Waals surface area contributed by atoms with E-state index in [0.717, 1.165) is 32.1 Å². The zero-order valence-electron chi connectivity index (χ0n) is 11.7. The number of hydrogen-bond acceptors (Lipinski definition) is 3. The molecule has 0 aromatic carbocycles. The van der Waals surface area contributed by atoms with E-state index in [1.807, 2.05) is 11.3 Å². The van der Waals surface area contributed by atoms with Crippen LogP contribution in [-0.4, -0.2) is 17.1 Å². The van der Waals surface area contributed by atoms with E-state index in [-0.39, 0.29) is 5.92 Å². The van der Waals surface area contributed by atoms with Crippen LogP contribution in [0.4, 0.5) is 0 Å². The largest absolute Gasteiger partial charge is 0.481 e. The third-order valence-corrected chi connectivity index (χ3v) is 5.43. The van der Waals surface area contributed by atoms with Gasteiger partial charge in [-0.15, -0.1) is 11.3 Å². The minimum absolute atomic E-state index is 0.123. The van der Waals surface area contributed by atoms with E-state index in [1.54, 1.807) is 0 Å². The number of nitrogens with one attached hydrogen (secondary N) is 1. The van der Waals surface area contributed by atoms with Gasteiger partial charge in [-0.25, -0.2) is 0 Å². The molecule has 1 aliphatic rings. The summed E-state index contributed by atoms with van der Waals surface area (Å²) in [4.78, 5) is 13.7. The quantitative estimate of drug-likeness (QED) is 0.867. The summed E-state index contributed by atoms with van der Waals surface area (Å²) in [6, 6.07) is 5.26. The average molecular weight is 281 g/mol. The summed E-state index contributed by atoms with van der Waals surface area (Å²) in [5, 5.41) is 12.6. The van der Waals surface area contributed by atoms with Crippen molar-refractivity contribution in [2.75, 3.05) is 0 Å². The Morgan fingerprint density at radius 3 is 2.63 bits per heavy atom. The third kappa shape index (κ3) is 3.80. The van der Waals surface area contributed by atoms with Crippen LogP contribution in [-0.2, 0) is 11.2 Å². The molecule has 0 spiro atoms. The minimum Gasteiger partial charge on any atom is -0.481 e. The first-order valence-electron chi connectivity index (χ1n) is 7.17. The highest BCUT2D eigenvalue weighted by Crippen LogP contribution is 2.28. The smallest absolute Gasteiger partial charge is 0.306 e. The minimum atomic E-state index is -0.627. The highest BCUT2D eigenvalue weighted by molar-refractivity contribution is 7.12. The van der Waals surface area contributed by atoms with Crippen molar-refractivity contribution in [1.82, 2.24) is 5.32 Å². The molecule has 106 valence electrons. The van der Waals surface area contributed by atoms with Crippen molar-refractivity contribution in [2.24, 2.45) is 5.92 Å². The molecular formula is C15H23NO2S. The molecule has 0 amide bonds. The van der Waals surface area contributed by atoms with Crippen molar-refractivity contribution in [3.05, 3.63) is 21.9 Å². The SMILES string of the molecule is CCc1ccc(C(C)NC2CCC(C(=O)O)CC2)s1. The molecule has 0 saturated heterocycles. The summed E-state index contributed by atoms with van der Waals surface area (Å²) in [5.74, 6) is -0.751. The van der Waals surface area contributed by atoms with Gasteiger partial charge < -0.3 is 10.4 Å². The fraction of sp³-hybridized carbons (Fsp3) is 0.667. The van der Waals surface area contributed by atoms with Gasteiger partial charge >= 0.3 is 5.97 Å². The molecule has 0 radical (unpaired) electrons. The molecule has 19 heavy (non-hydrogen) atoms. The summed E-state index contributed by atoms with van der Waals surface area (Å²) in [7, 11) is 0. The van der Waals surface area contributed by atoms with Gasteiger partial charge in [-0.3, -0.25) is 4.79 Å². The first kappa shape index (κ1) is 14.5. The molecule has 1 aliphatic carbocycles. The van der Waals surface area contributed by atoms with Gasteiger partial charge in [0.05, 0.1) is 5.92 Å². The van der Waals surface area contributed by atoms with E-state index in [9.17, 15) is 4.79 Å². The number of hydrogen-bond donors (Lipinski definition) is 2. The Morgan fingerprint density at radius 1 is 1.42 bits per heavy atom. The number of thiophene rings is 1. The second-order valence-corrected chi connectivity index (χ2v) is 6.63. The summed E-state index contributed by atoms with van der Waals surface area (Å²) in [5.41, 5.74) is 0. The predicted octanol–water partition coefficient (Wildman–Crippen LogP) is 3.60. The number of carbonyl (C=O) groups is 1. The summed E-state index contributed by atoms with van der Waals surface area (Å²) >= 11 is 1.88.